The Labute approximate surface area is 226 Å². The Hall–Kier alpha value is -1.37. The molecule has 0 saturated heterocycles. The highest BCUT2D eigenvalue weighted by atomic mass is 16.6. The van der Waals surface area contributed by atoms with E-state index in [0.717, 1.165) is 0 Å². The second-order valence-electron chi connectivity index (χ2n) is 12.0. The molecule has 0 amide bonds. The SMILES string of the molecule is C=C([C@H]1[C@H](O)[C@H](OC(=O)/C(C)=C\C)[C@@](C)(O)[C@@H](O)[C@H]1OCC(C)C)[C@H](OCC(C)C)C(O)[C@H](O)C(C)(C)O. The molecule has 0 heterocycles. The van der Waals surface area contributed by atoms with Gasteiger partial charge in [0.25, 0.3) is 0 Å². The molecule has 10 nitrogen and oxygen atoms in total. The lowest BCUT2D eigenvalue weighted by Crippen LogP contribution is -2.70. The van der Waals surface area contributed by atoms with Gasteiger partial charge in [-0.3, -0.25) is 0 Å². The van der Waals surface area contributed by atoms with Crippen LogP contribution < -0.4 is 0 Å². The normalized spacial score (nSPS) is 31.3. The van der Waals surface area contributed by atoms with Crippen LogP contribution in [0.15, 0.2) is 23.8 Å². The summed E-state index contributed by atoms with van der Waals surface area (Å²) in [5.41, 5.74) is -3.54. The standard InChI is InChI=1S/C28H50O10/c1-11-16(6)26(33)38-25-19(29)18(22(37-13-15(4)5)24(32)28(25,10)35)17(7)21(36-12-14(2)3)20(30)23(31)27(8,9)34/h11,14-15,18-25,29-32,34-35H,7,12-13H2,1-6,8-10H3/b16-11-/t18-,19-,20?,21-,22-,23-,24-,25-,28-/m0/s1. The highest BCUT2D eigenvalue weighted by Crippen LogP contribution is 2.42. The summed E-state index contributed by atoms with van der Waals surface area (Å²) in [5.74, 6) is -1.94. The van der Waals surface area contributed by atoms with Gasteiger partial charge in [0.1, 0.15) is 36.1 Å². The van der Waals surface area contributed by atoms with E-state index in [1.807, 2.05) is 27.7 Å². The van der Waals surface area contributed by atoms with Crippen LogP contribution >= 0.6 is 0 Å². The van der Waals surface area contributed by atoms with Gasteiger partial charge in [-0.05, 0) is 52.0 Å². The maximum atomic E-state index is 12.6. The molecule has 10 heteroatoms. The van der Waals surface area contributed by atoms with Crippen molar-refractivity contribution in [3.8, 4) is 0 Å². The van der Waals surface area contributed by atoms with Crippen LogP contribution in [0.4, 0.5) is 0 Å². The van der Waals surface area contributed by atoms with Crippen molar-refractivity contribution >= 4 is 5.97 Å². The molecule has 1 saturated carbocycles. The van der Waals surface area contributed by atoms with Crippen molar-refractivity contribution in [1.29, 1.82) is 0 Å². The van der Waals surface area contributed by atoms with Crippen LogP contribution in [0.3, 0.4) is 0 Å². The summed E-state index contributed by atoms with van der Waals surface area (Å²) in [7, 11) is 0. The molecule has 0 aromatic heterocycles. The van der Waals surface area contributed by atoms with Crippen LogP contribution in [0.2, 0.25) is 0 Å². The molecule has 0 aromatic rings. The van der Waals surface area contributed by atoms with E-state index < -0.39 is 65.8 Å². The lowest BCUT2D eigenvalue weighted by molar-refractivity contribution is -0.261. The van der Waals surface area contributed by atoms with Gasteiger partial charge in [0, 0.05) is 24.7 Å². The van der Waals surface area contributed by atoms with Crippen molar-refractivity contribution < 1.29 is 49.6 Å². The maximum Gasteiger partial charge on any atom is 0.333 e. The van der Waals surface area contributed by atoms with E-state index in [2.05, 4.69) is 6.58 Å². The number of hydrogen-bond donors (Lipinski definition) is 6. The van der Waals surface area contributed by atoms with Gasteiger partial charge in [0.2, 0.25) is 0 Å². The molecule has 0 aliphatic heterocycles. The summed E-state index contributed by atoms with van der Waals surface area (Å²) in [6, 6.07) is 0. The lowest BCUT2D eigenvalue weighted by atomic mass is 9.67. The zero-order valence-electron chi connectivity index (χ0n) is 24.3. The molecule has 1 rings (SSSR count). The Balaban J connectivity index is 3.62. The number of aliphatic hydroxyl groups excluding tert-OH is 4. The van der Waals surface area contributed by atoms with E-state index in [4.69, 9.17) is 14.2 Å². The number of carbonyl (C=O) groups excluding carboxylic acids is 1. The quantitative estimate of drug-likeness (QED) is 0.112. The highest BCUT2D eigenvalue weighted by molar-refractivity contribution is 5.87. The number of carbonyl (C=O) groups is 1. The fourth-order valence-electron chi connectivity index (χ4n) is 4.36. The van der Waals surface area contributed by atoms with E-state index in [9.17, 15) is 35.4 Å². The largest absolute Gasteiger partial charge is 0.453 e. The highest BCUT2D eigenvalue weighted by Gasteiger charge is 2.60. The zero-order chi connectivity index (χ0) is 29.7. The van der Waals surface area contributed by atoms with E-state index in [-0.39, 0.29) is 36.2 Å². The Morgan fingerprint density at radius 3 is 2.08 bits per heavy atom. The second kappa shape index (κ2) is 13.8. The first kappa shape index (κ1) is 34.7. The number of rotatable bonds is 13. The van der Waals surface area contributed by atoms with Crippen molar-refractivity contribution in [3.63, 3.8) is 0 Å². The summed E-state index contributed by atoms with van der Waals surface area (Å²) in [6.45, 7) is 18.9. The van der Waals surface area contributed by atoms with Crippen LogP contribution in [0, 0.1) is 17.8 Å². The van der Waals surface area contributed by atoms with Crippen molar-refractivity contribution in [3.05, 3.63) is 23.8 Å². The van der Waals surface area contributed by atoms with Crippen molar-refractivity contribution in [2.45, 2.75) is 116 Å². The van der Waals surface area contributed by atoms with E-state index >= 15 is 0 Å². The third-order valence-corrected chi connectivity index (χ3v) is 6.89. The molecule has 0 radical (unpaired) electrons. The van der Waals surface area contributed by atoms with Gasteiger partial charge < -0.3 is 44.8 Å². The smallest absolute Gasteiger partial charge is 0.333 e. The summed E-state index contributed by atoms with van der Waals surface area (Å²) >= 11 is 0. The van der Waals surface area contributed by atoms with Crippen molar-refractivity contribution in [2.75, 3.05) is 13.2 Å². The predicted octanol–water partition coefficient (Wildman–Crippen LogP) is 1.10. The first-order valence-corrected chi connectivity index (χ1v) is 13.2. The average molecular weight is 547 g/mol. The average Bonchev–Trinajstić information content (AvgIpc) is 2.80. The van der Waals surface area contributed by atoms with Gasteiger partial charge in [0.15, 0.2) is 6.10 Å². The fraction of sp³-hybridized carbons (Fsp3) is 0.821. The molecule has 0 bridgehead atoms. The third-order valence-electron chi connectivity index (χ3n) is 6.89. The Kier molecular flexibility index (Phi) is 12.6. The van der Waals surface area contributed by atoms with Gasteiger partial charge in [0.05, 0.1) is 11.7 Å². The molecule has 1 aliphatic rings. The van der Waals surface area contributed by atoms with Gasteiger partial charge in [-0.2, -0.15) is 0 Å². The zero-order valence-corrected chi connectivity index (χ0v) is 24.3. The van der Waals surface area contributed by atoms with E-state index in [1.54, 1.807) is 6.92 Å². The first-order valence-electron chi connectivity index (χ1n) is 13.2. The Bertz CT molecular complexity index is 813. The van der Waals surface area contributed by atoms with Crippen LogP contribution in [0.25, 0.3) is 0 Å². The monoisotopic (exact) mass is 546 g/mol. The molecule has 9 atom stereocenters. The molecule has 6 N–H and O–H groups in total. The van der Waals surface area contributed by atoms with E-state index in [0.29, 0.717) is 0 Å². The van der Waals surface area contributed by atoms with Crippen LogP contribution in [0.1, 0.15) is 62.3 Å². The third kappa shape index (κ3) is 8.32. The summed E-state index contributed by atoms with van der Waals surface area (Å²) in [6.07, 6.45) is -9.24. The minimum absolute atomic E-state index is 0.0184. The van der Waals surface area contributed by atoms with Crippen LogP contribution in [-0.2, 0) is 19.0 Å². The molecule has 1 unspecified atom stereocenters. The molecular weight excluding hydrogens is 496 g/mol. The summed E-state index contributed by atoms with van der Waals surface area (Å²) in [5, 5.41) is 66.2. The van der Waals surface area contributed by atoms with Crippen LogP contribution in [-0.4, -0.2) is 104 Å². The van der Waals surface area contributed by atoms with Gasteiger partial charge in [-0.15, -0.1) is 0 Å². The molecule has 222 valence electrons. The molecule has 38 heavy (non-hydrogen) atoms. The second-order valence-corrected chi connectivity index (χ2v) is 12.0. The number of ether oxygens (including phenoxy) is 3. The number of hydrogen-bond acceptors (Lipinski definition) is 10. The Morgan fingerprint density at radius 2 is 1.63 bits per heavy atom. The van der Waals surface area contributed by atoms with Crippen molar-refractivity contribution in [2.24, 2.45) is 17.8 Å². The molecule has 1 fully saturated rings. The van der Waals surface area contributed by atoms with E-state index in [1.165, 1.54) is 33.8 Å². The number of allylic oxidation sites excluding steroid dienone is 1. The van der Waals surface area contributed by atoms with Crippen molar-refractivity contribution in [1.82, 2.24) is 0 Å². The minimum atomic E-state index is -2.11. The fourth-order valence-corrected chi connectivity index (χ4v) is 4.36. The summed E-state index contributed by atoms with van der Waals surface area (Å²) in [4.78, 5) is 12.6. The first-order chi connectivity index (χ1) is 17.3. The lowest BCUT2D eigenvalue weighted by Gasteiger charge is -2.52. The molecular formula is C28H50O10. The molecule has 0 aromatic carbocycles. The molecule has 1 aliphatic carbocycles. The maximum absolute atomic E-state index is 12.6. The molecule has 0 spiro atoms. The predicted molar refractivity (Wildman–Crippen MR) is 142 cm³/mol. The number of aliphatic hydroxyl groups is 6. The van der Waals surface area contributed by atoms with Gasteiger partial charge >= 0.3 is 5.97 Å². The topological polar surface area (TPSA) is 166 Å². The van der Waals surface area contributed by atoms with Crippen LogP contribution in [0.5, 0.6) is 0 Å². The van der Waals surface area contributed by atoms with Gasteiger partial charge in [-0.1, -0.05) is 40.3 Å². The minimum Gasteiger partial charge on any atom is -0.453 e. The number of esters is 1. The van der Waals surface area contributed by atoms with Gasteiger partial charge in [-0.25, -0.2) is 4.79 Å². The Morgan fingerprint density at radius 1 is 1.11 bits per heavy atom. The summed E-state index contributed by atoms with van der Waals surface area (Å²) < 4.78 is 17.4.